The van der Waals surface area contributed by atoms with Gasteiger partial charge in [-0.05, 0) is 33.6 Å². The predicted octanol–water partition coefficient (Wildman–Crippen LogP) is 6.72. The molecule has 154 valence electrons. The summed E-state index contributed by atoms with van der Waals surface area (Å²) in [6.07, 6.45) is 13.8. The lowest BCUT2D eigenvalue weighted by Crippen LogP contribution is -2.37. The van der Waals surface area contributed by atoms with Crippen molar-refractivity contribution in [3.05, 3.63) is 0 Å². The molecule has 0 aliphatic rings. The van der Waals surface area contributed by atoms with Gasteiger partial charge in [-0.15, -0.1) is 0 Å². The molecule has 0 unspecified atom stereocenters. The summed E-state index contributed by atoms with van der Waals surface area (Å²) in [5.74, 6) is -0.446. The van der Waals surface area contributed by atoms with Crippen LogP contribution in [0.25, 0.3) is 0 Å². The van der Waals surface area contributed by atoms with Crippen LogP contribution in [0.4, 0.5) is 4.79 Å². The maximum atomic E-state index is 12.4. The van der Waals surface area contributed by atoms with Crippen LogP contribution in [0.2, 0.25) is 0 Å². The summed E-state index contributed by atoms with van der Waals surface area (Å²) in [7, 11) is 0. The number of hydrogen-bond acceptors (Lipinski definition) is 3. The van der Waals surface area contributed by atoms with Gasteiger partial charge < -0.3 is 9.64 Å². The summed E-state index contributed by atoms with van der Waals surface area (Å²) < 4.78 is 5.12. The van der Waals surface area contributed by atoms with Gasteiger partial charge in [-0.3, -0.25) is 4.79 Å². The standard InChI is InChI=1S/C22H43NO3/c1-6-8-10-12-14-16-18-23(19-17-15-13-11-9-7-2)21(25)26-20(24)22(3,4)5/h6-19H2,1-5H3. The van der Waals surface area contributed by atoms with E-state index in [0.717, 1.165) is 25.7 Å². The van der Waals surface area contributed by atoms with Gasteiger partial charge in [0.05, 0.1) is 5.41 Å². The number of rotatable bonds is 14. The van der Waals surface area contributed by atoms with Crippen molar-refractivity contribution in [2.75, 3.05) is 13.1 Å². The van der Waals surface area contributed by atoms with E-state index in [4.69, 9.17) is 4.74 Å². The number of ether oxygens (including phenoxy) is 1. The van der Waals surface area contributed by atoms with Gasteiger partial charge in [0.2, 0.25) is 0 Å². The monoisotopic (exact) mass is 369 g/mol. The first-order chi connectivity index (χ1) is 12.3. The second kappa shape index (κ2) is 15.0. The van der Waals surface area contributed by atoms with E-state index in [9.17, 15) is 9.59 Å². The quantitative estimate of drug-likeness (QED) is 0.194. The van der Waals surface area contributed by atoms with Crippen LogP contribution in [0.1, 0.15) is 112 Å². The number of amides is 1. The molecule has 0 atom stereocenters. The highest BCUT2D eigenvalue weighted by Gasteiger charge is 2.27. The Kier molecular flexibility index (Phi) is 14.4. The number of unbranched alkanes of at least 4 members (excludes halogenated alkanes) is 10. The minimum atomic E-state index is -0.651. The van der Waals surface area contributed by atoms with Gasteiger partial charge in [-0.2, -0.15) is 0 Å². The fraction of sp³-hybridized carbons (Fsp3) is 0.909. The second-order valence-corrected chi connectivity index (χ2v) is 8.43. The largest absolute Gasteiger partial charge is 0.417 e. The van der Waals surface area contributed by atoms with Gasteiger partial charge in [0.15, 0.2) is 0 Å². The van der Waals surface area contributed by atoms with E-state index in [2.05, 4.69) is 13.8 Å². The first kappa shape index (κ1) is 24.9. The Bertz CT molecular complexity index is 358. The molecule has 0 aliphatic carbocycles. The van der Waals surface area contributed by atoms with E-state index >= 15 is 0 Å². The lowest BCUT2D eigenvalue weighted by Gasteiger charge is -2.24. The van der Waals surface area contributed by atoms with Gasteiger partial charge in [0.1, 0.15) is 0 Å². The molecule has 1 amide bonds. The van der Waals surface area contributed by atoms with Crippen LogP contribution in [0, 0.1) is 5.41 Å². The summed E-state index contributed by atoms with van der Waals surface area (Å²) in [5, 5.41) is 0. The smallest absolute Gasteiger partial charge is 0.376 e. The maximum absolute atomic E-state index is 12.4. The van der Waals surface area contributed by atoms with Crippen LogP contribution in [0.15, 0.2) is 0 Å². The van der Waals surface area contributed by atoms with Gasteiger partial charge in [0.25, 0.3) is 0 Å². The molecule has 0 aromatic rings. The minimum absolute atomic E-state index is 0.446. The van der Waals surface area contributed by atoms with Gasteiger partial charge in [-0.1, -0.05) is 78.1 Å². The number of esters is 1. The number of carbonyl (C=O) groups is 2. The molecule has 0 aliphatic heterocycles. The highest BCUT2D eigenvalue weighted by atomic mass is 16.6. The third-order valence-corrected chi connectivity index (χ3v) is 4.61. The van der Waals surface area contributed by atoms with Crippen LogP contribution >= 0.6 is 0 Å². The summed E-state index contributed by atoms with van der Waals surface area (Å²) in [6.45, 7) is 11.1. The lowest BCUT2D eigenvalue weighted by atomic mass is 9.97. The average molecular weight is 370 g/mol. The molecule has 0 fully saturated rings. The molecule has 0 radical (unpaired) electrons. The zero-order valence-electron chi connectivity index (χ0n) is 18.1. The van der Waals surface area contributed by atoms with Gasteiger partial charge in [-0.25, -0.2) is 4.79 Å². The van der Waals surface area contributed by atoms with Crippen molar-refractivity contribution < 1.29 is 14.3 Å². The Labute approximate surface area is 162 Å². The zero-order valence-corrected chi connectivity index (χ0v) is 18.1. The van der Waals surface area contributed by atoms with Crippen LogP contribution < -0.4 is 0 Å². The van der Waals surface area contributed by atoms with E-state index in [0.29, 0.717) is 13.1 Å². The van der Waals surface area contributed by atoms with Crippen LogP contribution in [-0.2, 0) is 9.53 Å². The Balaban J connectivity index is 4.33. The molecule has 0 rings (SSSR count). The molecule has 0 N–H and O–H groups in total. The molecule has 0 heterocycles. The van der Waals surface area contributed by atoms with Crippen molar-refractivity contribution in [1.82, 2.24) is 4.90 Å². The Hall–Kier alpha value is -1.06. The Morgan fingerprint density at radius 3 is 1.46 bits per heavy atom. The van der Waals surface area contributed by atoms with E-state index in [1.807, 2.05) is 0 Å². The molecule has 4 nitrogen and oxygen atoms in total. The molecule has 4 heteroatoms. The molecular weight excluding hydrogens is 326 g/mol. The second-order valence-electron chi connectivity index (χ2n) is 8.43. The highest BCUT2D eigenvalue weighted by Crippen LogP contribution is 2.17. The van der Waals surface area contributed by atoms with E-state index < -0.39 is 17.5 Å². The predicted molar refractivity (Wildman–Crippen MR) is 109 cm³/mol. The van der Waals surface area contributed by atoms with Crippen LogP contribution in [-0.4, -0.2) is 30.1 Å². The molecule has 0 bridgehead atoms. The minimum Gasteiger partial charge on any atom is -0.376 e. The molecule has 0 aromatic carbocycles. The van der Waals surface area contributed by atoms with Crippen molar-refractivity contribution >= 4 is 12.1 Å². The summed E-state index contributed by atoms with van der Waals surface area (Å²) in [4.78, 5) is 26.2. The average Bonchev–Trinajstić information content (AvgIpc) is 2.58. The maximum Gasteiger partial charge on any atom is 0.417 e. The first-order valence-corrected chi connectivity index (χ1v) is 10.8. The van der Waals surface area contributed by atoms with Crippen LogP contribution in [0.5, 0.6) is 0 Å². The van der Waals surface area contributed by atoms with Crippen molar-refractivity contribution in [3.8, 4) is 0 Å². The first-order valence-electron chi connectivity index (χ1n) is 10.8. The third kappa shape index (κ3) is 13.2. The normalized spacial score (nSPS) is 11.4. The SMILES string of the molecule is CCCCCCCCN(CCCCCCCC)C(=O)OC(=O)C(C)(C)C. The lowest BCUT2D eigenvalue weighted by molar-refractivity contribution is -0.147. The zero-order chi connectivity index (χ0) is 19.8. The number of carbonyl (C=O) groups excluding carboxylic acids is 2. The van der Waals surface area contributed by atoms with E-state index in [1.165, 1.54) is 51.4 Å². The van der Waals surface area contributed by atoms with Crippen LogP contribution in [0.3, 0.4) is 0 Å². The van der Waals surface area contributed by atoms with Gasteiger partial charge in [0, 0.05) is 13.1 Å². The fourth-order valence-corrected chi connectivity index (χ4v) is 2.76. The number of nitrogens with zero attached hydrogens (tertiary/aromatic N) is 1. The highest BCUT2D eigenvalue weighted by molar-refractivity contribution is 5.87. The fourth-order valence-electron chi connectivity index (χ4n) is 2.76. The van der Waals surface area contributed by atoms with E-state index in [-0.39, 0.29) is 0 Å². The Morgan fingerprint density at radius 1 is 0.692 bits per heavy atom. The molecule has 0 saturated carbocycles. The van der Waals surface area contributed by atoms with Crippen molar-refractivity contribution in [2.24, 2.45) is 5.41 Å². The van der Waals surface area contributed by atoms with Crippen molar-refractivity contribution in [2.45, 2.75) is 112 Å². The molecule has 26 heavy (non-hydrogen) atoms. The summed E-state index contributed by atoms with van der Waals surface area (Å²) >= 11 is 0. The summed E-state index contributed by atoms with van der Waals surface area (Å²) in [5.41, 5.74) is -0.651. The molecule has 0 aromatic heterocycles. The molecule has 0 spiro atoms. The Morgan fingerprint density at radius 2 is 1.08 bits per heavy atom. The third-order valence-electron chi connectivity index (χ3n) is 4.61. The van der Waals surface area contributed by atoms with Gasteiger partial charge >= 0.3 is 12.1 Å². The van der Waals surface area contributed by atoms with Crippen molar-refractivity contribution in [3.63, 3.8) is 0 Å². The topological polar surface area (TPSA) is 46.6 Å². The number of hydrogen-bond donors (Lipinski definition) is 0. The summed E-state index contributed by atoms with van der Waals surface area (Å²) in [6, 6.07) is 0. The molecular formula is C22H43NO3. The van der Waals surface area contributed by atoms with Crippen molar-refractivity contribution in [1.29, 1.82) is 0 Å². The molecule has 0 saturated heterocycles. The van der Waals surface area contributed by atoms with E-state index in [1.54, 1.807) is 25.7 Å².